The Bertz CT molecular complexity index is 968. The van der Waals surface area contributed by atoms with Crippen LogP contribution in [0, 0.1) is 0 Å². The van der Waals surface area contributed by atoms with Gasteiger partial charge in [-0.05, 0) is 42.5 Å². The van der Waals surface area contributed by atoms with Gasteiger partial charge < -0.3 is 10.1 Å². The second kappa shape index (κ2) is 10.0. The van der Waals surface area contributed by atoms with Crippen LogP contribution in [0.4, 0.5) is 11.4 Å². The van der Waals surface area contributed by atoms with E-state index in [2.05, 4.69) is 22.1 Å². The van der Waals surface area contributed by atoms with Gasteiger partial charge in [-0.3, -0.25) is 4.79 Å². The number of benzene rings is 3. The molecule has 5 nitrogen and oxygen atoms in total. The number of nitrogens with one attached hydrogen (secondary N) is 1. The molecule has 3 aromatic rings. The average Bonchev–Trinajstić information content (AvgIpc) is 2.75. The largest absolute Gasteiger partial charge is 0.491 e. The zero-order valence-electron chi connectivity index (χ0n) is 15.7. The van der Waals surface area contributed by atoms with Crippen molar-refractivity contribution in [3.05, 3.63) is 79.4 Å². The molecule has 142 valence electrons. The lowest BCUT2D eigenvalue weighted by atomic mass is 10.1. The molecule has 3 rings (SSSR count). The van der Waals surface area contributed by atoms with Crippen LogP contribution in [0.15, 0.2) is 89.6 Å². The molecule has 0 saturated carbocycles. The maximum atomic E-state index is 11.1. The number of rotatable bonds is 9. The van der Waals surface area contributed by atoms with Gasteiger partial charge in [0.15, 0.2) is 0 Å². The third-order valence-corrected chi connectivity index (χ3v) is 4.20. The molecule has 0 aliphatic carbocycles. The molecular weight excluding hydrogens is 350 g/mol. The topological polar surface area (TPSA) is 63.0 Å². The first kappa shape index (κ1) is 19.3. The summed E-state index contributed by atoms with van der Waals surface area (Å²) >= 11 is 0. The quantitative estimate of drug-likeness (QED) is 0.296. The Morgan fingerprint density at radius 1 is 0.964 bits per heavy atom. The van der Waals surface area contributed by atoms with E-state index in [1.54, 1.807) is 0 Å². The number of hydrogen-bond donors (Lipinski definition) is 1. The highest BCUT2D eigenvalue weighted by atomic mass is 16.5. The van der Waals surface area contributed by atoms with Gasteiger partial charge in [0.2, 0.25) is 5.91 Å². The molecule has 5 heteroatoms. The van der Waals surface area contributed by atoms with Crippen molar-refractivity contribution in [3.63, 3.8) is 0 Å². The number of nitrogens with zero attached hydrogens (tertiary/aromatic N) is 2. The van der Waals surface area contributed by atoms with Crippen LogP contribution in [-0.4, -0.2) is 19.1 Å². The summed E-state index contributed by atoms with van der Waals surface area (Å²) in [5.74, 6) is 0.549. The standard InChI is InChI=1S/C23H23N3O2/c1-2-22(27)24-16-8-9-17-28-21-15-14-18-10-6-7-13-20(18)23(21)26-25-19-11-4-3-5-12-19/h2-7,10-15H,1,8-9,16-17H2,(H,24,27). The molecule has 0 bridgehead atoms. The molecule has 0 radical (unpaired) electrons. The van der Waals surface area contributed by atoms with Crippen LogP contribution in [-0.2, 0) is 4.79 Å². The lowest BCUT2D eigenvalue weighted by molar-refractivity contribution is -0.116. The maximum absolute atomic E-state index is 11.1. The number of azo groups is 1. The molecule has 0 heterocycles. The van der Waals surface area contributed by atoms with Gasteiger partial charge in [-0.1, -0.05) is 55.1 Å². The minimum absolute atomic E-state index is 0.154. The van der Waals surface area contributed by atoms with Crippen LogP contribution in [0.1, 0.15) is 12.8 Å². The van der Waals surface area contributed by atoms with Gasteiger partial charge in [0.05, 0.1) is 12.3 Å². The molecule has 1 N–H and O–H groups in total. The highest BCUT2D eigenvalue weighted by molar-refractivity contribution is 5.95. The molecule has 1 amide bonds. The maximum Gasteiger partial charge on any atom is 0.243 e. The number of unbranched alkanes of at least 4 members (excludes halogenated alkanes) is 1. The summed E-state index contributed by atoms with van der Waals surface area (Å²) in [6.07, 6.45) is 2.92. The lowest BCUT2D eigenvalue weighted by Gasteiger charge is -2.11. The van der Waals surface area contributed by atoms with Crippen molar-refractivity contribution in [2.24, 2.45) is 10.2 Å². The SMILES string of the molecule is C=CC(=O)NCCCCOc1ccc2ccccc2c1N=Nc1ccccc1. The normalized spacial score (nSPS) is 10.9. The predicted octanol–water partition coefficient (Wildman–Crippen LogP) is 5.72. The van der Waals surface area contributed by atoms with Gasteiger partial charge in [-0.2, -0.15) is 5.11 Å². The number of ether oxygens (including phenoxy) is 1. The molecule has 3 aromatic carbocycles. The first-order chi connectivity index (χ1) is 13.8. The fourth-order valence-electron chi connectivity index (χ4n) is 2.75. The van der Waals surface area contributed by atoms with Crippen LogP contribution in [0.5, 0.6) is 5.75 Å². The molecule has 0 aliphatic heterocycles. The Hall–Kier alpha value is -3.47. The van der Waals surface area contributed by atoms with Crippen molar-refractivity contribution in [1.29, 1.82) is 0 Å². The number of amides is 1. The monoisotopic (exact) mass is 373 g/mol. The first-order valence-corrected chi connectivity index (χ1v) is 9.29. The molecule has 0 aliphatic rings. The zero-order valence-corrected chi connectivity index (χ0v) is 15.7. The van der Waals surface area contributed by atoms with Crippen molar-refractivity contribution >= 4 is 28.1 Å². The van der Waals surface area contributed by atoms with E-state index in [0.29, 0.717) is 18.9 Å². The van der Waals surface area contributed by atoms with Crippen LogP contribution >= 0.6 is 0 Å². The Balaban J connectivity index is 1.71. The van der Waals surface area contributed by atoms with Gasteiger partial charge in [0, 0.05) is 11.9 Å². The molecule has 0 fully saturated rings. The third kappa shape index (κ3) is 5.27. The van der Waals surface area contributed by atoms with Crippen molar-refractivity contribution in [3.8, 4) is 5.75 Å². The van der Waals surface area contributed by atoms with Crippen LogP contribution in [0.25, 0.3) is 10.8 Å². The van der Waals surface area contributed by atoms with Crippen LogP contribution < -0.4 is 10.1 Å². The van der Waals surface area contributed by atoms with E-state index in [-0.39, 0.29) is 5.91 Å². The third-order valence-electron chi connectivity index (χ3n) is 4.20. The number of fused-ring (bicyclic) bond motifs is 1. The van der Waals surface area contributed by atoms with Crippen molar-refractivity contribution in [2.45, 2.75) is 12.8 Å². The van der Waals surface area contributed by atoms with E-state index in [4.69, 9.17) is 4.74 Å². The molecule has 0 spiro atoms. The van der Waals surface area contributed by atoms with E-state index in [1.165, 1.54) is 6.08 Å². The number of hydrogen-bond acceptors (Lipinski definition) is 4. The van der Waals surface area contributed by atoms with Crippen LogP contribution in [0.3, 0.4) is 0 Å². The van der Waals surface area contributed by atoms with E-state index >= 15 is 0 Å². The van der Waals surface area contributed by atoms with E-state index in [1.807, 2.05) is 66.7 Å². The number of carbonyl (C=O) groups is 1. The molecule has 0 saturated heterocycles. The van der Waals surface area contributed by atoms with Crippen molar-refractivity contribution in [2.75, 3.05) is 13.2 Å². The van der Waals surface area contributed by atoms with Gasteiger partial charge >= 0.3 is 0 Å². The smallest absolute Gasteiger partial charge is 0.243 e. The fraction of sp³-hybridized carbons (Fsp3) is 0.174. The predicted molar refractivity (Wildman–Crippen MR) is 113 cm³/mol. The minimum Gasteiger partial charge on any atom is -0.491 e. The molecule has 0 aromatic heterocycles. The Kier molecular flexibility index (Phi) is 6.90. The second-order valence-electron chi connectivity index (χ2n) is 6.22. The van der Waals surface area contributed by atoms with Gasteiger partial charge in [-0.25, -0.2) is 0 Å². The van der Waals surface area contributed by atoms with Crippen LogP contribution in [0.2, 0.25) is 0 Å². The van der Waals surface area contributed by atoms with E-state index < -0.39 is 0 Å². The van der Waals surface area contributed by atoms with Gasteiger partial charge in [-0.15, -0.1) is 5.11 Å². The summed E-state index contributed by atoms with van der Waals surface area (Å²) in [7, 11) is 0. The van der Waals surface area contributed by atoms with Gasteiger partial charge in [0.25, 0.3) is 0 Å². The van der Waals surface area contributed by atoms with Gasteiger partial charge in [0.1, 0.15) is 11.4 Å². The highest BCUT2D eigenvalue weighted by Gasteiger charge is 2.08. The molecule has 28 heavy (non-hydrogen) atoms. The summed E-state index contributed by atoms with van der Waals surface area (Å²) in [5, 5.41) is 13.7. The first-order valence-electron chi connectivity index (χ1n) is 9.29. The molecular formula is C23H23N3O2. The summed E-state index contributed by atoms with van der Waals surface area (Å²) in [6.45, 7) is 4.57. The second-order valence-corrected chi connectivity index (χ2v) is 6.22. The van der Waals surface area contributed by atoms with Crippen molar-refractivity contribution in [1.82, 2.24) is 5.32 Å². The minimum atomic E-state index is -0.154. The summed E-state index contributed by atoms with van der Waals surface area (Å²) in [4.78, 5) is 11.1. The number of carbonyl (C=O) groups excluding carboxylic acids is 1. The summed E-state index contributed by atoms with van der Waals surface area (Å²) < 4.78 is 5.98. The van der Waals surface area contributed by atoms with E-state index in [0.717, 1.165) is 35.0 Å². The average molecular weight is 373 g/mol. The molecule has 0 atom stereocenters. The molecule has 0 unspecified atom stereocenters. The Morgan fingerprint density at radius 3 is 2.57 bits per heavy atom. The Morgan fingerprint density at radius 2 is 1.75 bits per heavy atom. The fourth-order valence-corrected chi connectivity index (χ4v) is 2.75. The summed E-state index contributed by atoms with van der Waals surface area (Å²) in [6, 6.07) is 21.6. The highest BCUT2D eigenvalue weighted by Crippen LogP contribution is 2.37. The zero-order chi connectivity index (χ0) is 19.6. The lowest BCUT2D eigenvalue weighted by Crippen LogP contribution is -2.22. The van der Waals surface area contributed by atoms with E-state index in [9.17, 15) is 4.79 Å². The Labute approximate surface area is 164 Å². The summed E-state index contributed by atoms with van der Waals surface area (Å²) in [5.41, 5.74) is 1.52. The van der Waals surface area contributed by atoms with Crippen molar-refractivity contribution < 1.29 is 9.53 Å².